The van der Waals surface area contributed by atoms with Crippen LogP contribution in [0.4, 0.5) is 0 Å². The van der Waals surface area contributed by atoms with Crippen LogP contribution in [0.15, 0.2) is 12.7 Å². The zero-order valence-corrected chi connectivity index (χ0v) is 7.63. The van der Waals surface area contributed by atoms with Gasteiger partial charge < -0.3 is 4.57 Å². The molecule has 0 spiro atoms. The number of aromatic nitrogens is 3. The molecular formula is C9H14N4. The molecule has 4 heteroatoms. The summed E-state index contributed by atoms with van der Waals surface area (Å²) < 4.78 is 2.06. The summed E-state index contributed by atoms with van der Waals surface area (Å²) >= 11 is 0. The van der Waals surface area contributed by atoms with Crippen molar-refractivity contribution in [3.8, 4) is 0 Å². The highest BCUT2D eigenvalue weighted by atomic mass is 15.3. The average molecular weight is 178 g/mol. The summed E-state index contributed by atoms with van der Waals surface area (Å²) in [5.41, 5.74) is 0. The zero-order valence-electron chi connectivity index (χ0n) is 7.63. The van der Waals surface area contributed by atoms with E-state index in [9.17, 15) is 0 Å². The first-order valence-corrected chi connectivity index (χ1v) is 4.98. The van der Waals surface area contributed by atoms with E-state index in [1.807, 2.05) is 0 Å². The maximum Gasteiger partial charge on any atom is 0.120 e. The molecule has 1 aliphatic heterocycles. The third kappa shape index (κ3) is 1.25. The summed E-state index contributed by atoms with van der Waals surface area (Å²) in [6.45, 7) is 2.26. The fourth-order valence-electron chi connectivity index (χ4n) is 2.70. The Hall–Kier alpha value is -0.900. The number of rotatable bonds is 2. The maximum absolute atomic E-state index is 3.81. The first-order chi connectivity index (χ1) is 6.42. The van der Waals surface area contributed by atoms with E-state index in [0.29, 0.717) is 0 Å². The molecule has 3 rings (SSSR count). The Morgan fingerprint density at radius 3 is 2.69 bits per heavy atom. The van der Waals surface area contributed by atoms with Gasteiger partial charge in [-0.15, -0.1) is 10.2 Å². The van der Waals surface area contributed by atoms with Crippen LogP contribution in [0.5, 0.6) is 0 Å². The van der Waals surface area contributed by atoms with Crippen molar-refractivity contribution in [2.45, 2.75) is 32.0 Å². The maximum atomic E-state index is 3.81. The van der Waals surface area contributed by atoms with Gasteiger partial charge in [0.15, 0.2) is 0 Å². The van der Waals surface area contributed by atoms with Crippen LogP contribution in [0.1, 0.15) is 19.3 Å². The van der Waals surface area contributed by atoms with E-state index in [-0.39, 0.29) is 0 Å². The molecule has 2 unspecified atom stereocenters. The molecule has 1 aromatic heterocycles. The van der Waals surface area contributed by atoms with E-state index in [0.717, 1.165) is 18.6 Å². The highest BCUT2D eigenvalue weighted by Crippen LogP contribution is 2.37. The van der Waals surface area contributed by atoms with Crippen molar-refractivity contribution < 1.29 is 0 Å². The Balaban J connectivity index is 1.68. The minimum absolute atomic E-state index is 0.840. The van der Waals surface area contributed by atoms with Gasteiger partial charge in [0, 0.05) is 12.6 Å². The molecule has 1 aromatic rings. The topological polar surface area (TPSA) is 34.0 Å². The molecule has 0 radical (unpaired) electrons. The SMILES string of the molecule is c1nncn1CN1CC2CCC1C2. The lowest BCUT2D eigenvalue weighted by Crippen LogP contribution is -2.33. The van der Waals surface area contributed by atoms with Gasteiger partial charge in [0.25, 0.3) is 0 Å². The minimum Gasteiger partial charge on any atom is -0.306 e. The van der Waals surface area contributed by atoms with E-state index < -0.39 is 0 Å². The van der Waals surface area contributed by atoms with Crippen molar-refractivity contribution >= 4 is 0 Å². The molecule has 2 atom stereocenters. The van der Waals surface area contributed by atoms with E-state index in [2.05, 4.69) is 19.7 Å². The van der Waals surface area contributed by atoms with Crippen LogP contribution >= 0.6 is 0 Å². The fraction of sp³-hybridized carbons (Fsp3) is 0.778. The van der Waals surface area contributed by atoms with Crippen molar-refractivity contribution in [3.05, 3.63) is 12.7 Å². The van der Waals surface area contributed by atoms with Crippen molar-refractivity contribution in [1.29, 1.82) is 0 Å². The smallest absolute Gasteiger partial charge is 0.120 e. The van der Waals surface area contributed by atoms with Crippen molar-refractivity contribution in [1.82, 2.24) is 19.7 Å². The second-order valence-electron chi connectivity index (χ2n) is 4.22. The molecule has 70 valence electrons. The fourth-order valence-corrected chi connectivity index (χ4v) is 2.70. The number of piperidine rings is 1. The molecule has 1 aliphatic carbocycles. The van der Waals surface area contributed by atoms with Gasteiger partial charge in [0.1, 0.15) is 12.7 Å². The van der Waals surface area contributed by atoms with E-state index in [1.165, 1.54) is 25.8 Å². The Bertz CT molecular complexity index is 282. The quantitative estimate of drug-likeness (QED) is 0.669. The van der Waals surface area contributed by atoms with Crippen LogP contribution in [-0.2, 0) is 6.67 Å². The average Bonchev–Trinajstić information content (AvgIpc) is 2.77. The number of hydrogen-bond acceptors (Lipinski definition) is 3. The second kappa shape index (κ2) is 2.80. The minimum atomic E-state index is 0.840. The first kappa shape index (κ1) is 7.50. The van der Waals surface area contributed by atoms with Crippen LogP contribution in [0.25, 0.3) is 0 Å². The van der Waals surface area contributed by atoms with Crippen molar-refractivity contribution in [2.75, 3.05) is 6.54 Å². The third-order valence-electron chi connectivity index (χ3n) is 3.33. The summed E-state index contributed by atoms with van der Waals surface area (Å²) in [7, 11) is 0. The van der Waals surface area contributed by atoms with Crippen LogP contribution < -0.4 is 0 Å². The van der Waals surface area contributed by atoms with Crippen LogP contribution in [0.3, 0.4) is 0 Å². The molecule has 2 aliphatic rings. The number of fused-ring (bicyclic) bond motifs is 2. The van der Waals surface area contributed by atoms with Gasteiger partial charge in [-0.3, -0.25) is 4.90 Å². The van der Waals surface area contributed by atoms with Crippen LogP contribution in [0, 0.1) is 5.92 Å². The van der Waals surface area contributed by atoms with Gasteiger partial charge in [-0.25, -0.2) is 0 Å². The lowest BCUT2D eigenvalue weighted by atomic mass is 10.1. The first-order valence-electron chi connectivity index (χ1n) is 4.98. The van der Waals surface area contributed by atoms with Crippen molar-refractivity contribution in [2.24, 2.45) is 5.92 Å². The van der Waals surface area contributed by atoms with Crippen LogP contribution in [-0.4, -0.2) is 32.3 Å². The Morgan fingerprint density at radius 1 is 1.23 bits per heavy atom. The second-order valence-corrected chi connectivity index (χ2v) is 4.22. The Morgan fingerprint density at radius 2 is 2.08 bits per heavy atom. The van der Waals surface area contributed by atoms with Gasteiger partial charge >= 0.3 is 0 Å². The van der Waals surface area contributed by atoms with Gasteiger partial charge in [-0.2, -0.15) is 0 Å². The monoisotopic (exact) mass is 178 g/mol. The predicted octanol–water partition coefficient (Wildman–Crippen LogP) is 0.720. The lowest BCUT2D eigenvalue weighted by Gasteiger charge is -2.26. The molecular weight excluding hydrogens is 164 g/mol. The number of nitrogens with zero attached hydrogens (tertiary/aromatic N) is 4. The van der Waals surface area contributed by atoms with E-state index in [1.54, 1.807) is 12.7 Å². The standard InChI is InChI=1S/C9H14N4/c1-2-9-3-8(1)4-13(9)7-12-5-10-11-6-12/h5-6,8-9H,1-4,7H2. The highest BCUT2D eigenvalue weighted by Gasteiger charge is 2.37. The predicted molar refractivity (Wildman–Crippen MR) is 47.9 cm³/mol. The van der Waals surface area contributed by atoms with Gasteiger partial charge in [0.05, 0.1) is 6.67 Å². The summed E-state index contributed by atoms with van der Waals surface area (Å²) in [5, 5.41) is 7.63. The van der Waals surface area contributed by atoms with Crippen molar-refractivity contribution in [3.63, 3.8) is 0 Å². The lowest BCUT2D eigenvalue weighted by molar-refractivity contribution is 0.167. The third-order valence-corrected chi connectivity index (χ3v) is 3.33. The van der Waals surface area contributed by atoms with Crippen LogP contribution in [0.2, 0.25) is 0 Å². The van der Waals surface area contributed by atoms with Gasteiger partial charge in [0.2, 0.25) is 0 Å². The summed E-state index contributed by atoms with van der Waals surface area (Å²) in [4.78, 5) is 2.55. The van der Waals surface area contributed by atoms with E-state index >= 15 is 0 Å². The summed E-state index contributed by atoms with van der Waals surface area (Å²) in [5.74, 6) is 0.974. The summed E-state index contributed by atoms with van der Waals surface area (Å²) in [6, 6.07) is 0.840. The molecule has 0 amide bonds. The van der Waals surface area contributed by atoms with Gasteiger partial charge in [-0.05, 0) is 25.2 Å². The highest BCUT2D eigenvalue weighted by molar-refractivity contribution is 4.91. The summed E-state index contributed by atoms with van der Waals surface area (Å²) in [6.07, 6.45) is 7.86. The zero-order chi connectivity index (χ0) is 8.67. The molecule has 2 fully saturated rings. The molecule has 4 nitrogen and oxygen atoms in total. The number of hydrogen-bond donors (Lipinski definition) is 0. The molecule has 2 heterocycles. The van der Waals surface area contributed by atoms with Gasteiger partial charge in [-0.1, -0.05) is 0 Å². The molecule has 13 heavy (non-hydrogen) atoms. The largest absolute Gasteiger partial charge is 0.306 e. The molecule has 2 bridgehead atoms. The molecule has 0 aromatic carbocycles. The molecule has 1 saturated heterocycles. The number of likely N-dealkylation sites (tertiary alicyclic amines) is 1. The Kier molecular flexibility index (Phi) is 1.62. The van der Waals surface area contributed by atoms with E-state index in [4.69, 9.17) is 0 Å². The normalized spacial score (nSPS) is 32.9. The molecule has 0 N–H and O–H groups in total. The molecule has 1 saturated carbocycles. The Labute approximate surface area is 77.6 Å².